The highest BCUT2D eigenvalue weighted by Crippen LogP contribution is 2.39. The van der Waals surface area contributed by atoms with E-state index in [0.29, 0.717) is 0 Å². The molecule has 1 fully saturated rings. The number of rotatable bonds is 2. The van der Waals surface area contributed by atoms with Gasteiger partial charge in [0.25, 0.3) is 0 Å². The highest BCUT2D eigenvalue weighted by molar-refractivity contribution is 6.27. The molecule has 4 heteroatoms. The van der Waals surface area contributed by atoms with Crippen molar-refractivity contribution in [3.63, 3.8) is 0 Å². The van der Waals surface area contributed by atoms with Crippen LogP contribution in [0.4, 0.5) is 0 Å². The summed E-state index contributed by atoms with van der Waals surface area (Å²) in [5.74, 6) is -0.286. The Labute approximate surface area is 70.1 Å². The first-order valence-electron chi connectivity index (χ1n) is 3.40. The van der Waals surface area contributed by atoms with Crippen molar-refractivity contribution in [2.45, 2.75) is 19.9 Å². The number of halogens is 1. The fourth-order valence-electron chi connectivity index (χ4n) is 0.953. The van der Waals surface area contributed by atoms with Crippen molar-refractivity contribution in [2.75, 3.05) is 5.88 Å². The van der Waals surface area contributed by atoms with Gasteiger partial charge in [0.1, 0.15) is 11.9 Å². The van der Waals surface area contributed by atoms with Crippen molar-refractivity contribution >= 4 is 23.3 Å². The third-order valence-electron chi connectivity index (χ3n) is 1.96. The van der Waals surface area contributed by atoms with Crippen LogP contribution in [0.2, 0.25) is 0 Å². The molecule has 3 nitrogen and oxygen atoms in total. The van der Waals surface area contributed by atoms with Gasteiger partial charge in [0.2, 0.25) is 5.91 Å². The van der Waals surface area contributed by atoms with Crippen LogP contribution in [0.3, 0.4) is 0 Å². The number of alkyl halides is 1. The normalized spacial score (nSPS) is 26.5. The highest BCUT2D eigenvalue weighted by atomic mass is 35.5. The number of amides is 1. The van der Waals surface area contributed by atoms with E-state index in [2.05, 4.69) is 5.32 Å². The lowest BCUT2D eigenvalue weighted by atomic mass is 10.2. The molecular weight excluding hydrogens is 166 g/mol. The van der Waals surface area contributed by atoms with Gasteiger partial charge in [-0.1, -0.05) is 13.8 Å². The van der Waals surface area contributed by atoms with Crippen LogP contribution in [-0.4, -0.2) is 23.6 Å². The quantitative estimate of drug-likeness (QED) is 0.615. The van der Waals surface area contributed by atoms with Gasteiger partial charge in [-0.25, -0.2) is 0 Å². The predicted octanol–water partition coefficient (Wildman–Crippen LogP) is 0.319. The van der Waals surface area contributed by atoms with Gasteiger partial charge in [-0.3, -0.25) is 9.59 Å². The molecule has 1 amide bonds. The van der Waals surface area contributed by atoms with Crippen LogP contribution < -0.4 is 5.32 Å². The monoisotopic (exact) mass is 175 g/mol. The smallest absolute Gasteiger partial charge is 0.235 e. The molecule has 0 spiro atoms. The number of ketones is 1. The molecule has 1 saturated carbocycles. The maximum atomic E-state index is 10.9. The Hall–Kier alpha value is -0.570. The van der Waals surface area contributed by atoms with Gasteiger partial charge >= 0.3 is 0 Å². The molecule has 1 aliphatic rings. The maximum absolute atomic E-state index is 10.9. The summed E-state index contributed by atoms with van der Waals surface area (Å²) in [6.07, 6.45) is 0. The summed E-state index contributed by atoms with van der Waals surface area (Å²) >= 11 is 5.24. The van der Waals surface area contributed by atoms with E-state index in [1.807, 2.05) is 0 Å². The molecule has 0 heterocycles. The van der Waals surface area contributed by atoms with Crippen molar-refractivity contribution in [3.05, 3.63) is 0 Å². The van der Waals surface area contributed by atoms with Crippen LogP contribution >= 0.6 is 11.6 Å². The Bertz CT molecular complexity index is 212. The molecular formula is C7H10ClNO2. The molecule has 0 aromatic carbocycles. The number of nitrogens with one attached hydrogen (secondary N) is 1. The summed E-state index contributed by atoms with van der Waals surface area (Å²) in [7, 11) is 0. The SMILES string of the molecule is CC1(C)C(=O)C1NC(=O)CCl. The molecule has 1 atom stereocenters. The number of hydrogen-bond donors (Lipinski definition) is 1. The molecule has 1 rings (SSSR count). The van der Waals surface area contributed by atoms with Crippen molar-refractivity contribution in [1.82, 2.24) is 5.32 Å². The fraction of sp³-hybridized carbons (Fsp3) is 0.714. The highest BCUT2D eigenvalue weighted by Gasteiger charge is 2.58. The Balaban J connectivity index is 2.44. The van der Waals surface area contributed by atoms with Crippen LogP contribution in [-0.2, 0) is 9.59 Å². The summed E-state index contributed by atoms with van der Waals surface area (Å²) in [4.78, 5) is 21.6. The first kappa shape index (κ1) is 8.53. The summed E-state index contributed by atoms with van der Waals surface area (Å²) in [5.41, 5.74) is -0.373. The second-order valence-corrected chi connectivity index (χ2v) is 3.49. The van der Waals surface area contributed by atoms with Crippen LogP contribution in [0.25, 0.3) is 0 Å². The summed E-state index contributed by atoms with van der Waals surface area (Å²) < 4.78 is 0. The average molecular weight is 176 g/mol. The number of carbonyl (C=O) groups excluding carboxylic acids is 2. The summed E-state index contributed by atoms with van der Waals surface area (Å²) in [5, 5.41) is 2.52. The number of carbonyl (C=O) groups is 2. The number of hydrogen-bond acceptors (Lipinski definition) is 2. The van der Waals surface area contributed by atoms with E-state index >= 15 is 0 Å². The van der Waals surface area contributed by atoms with E-state index in [1.54, 1.807) is 13.8 Å². The molecule has 1 unspecified atom stereocenters. The van der Waals surface area contributed by atoms with Crippen LogP contribution in [0, 0.1) is 5.41 Å². The standard InChI is InChI=1S/C7H10ClNO2/c1-7(2)5(6(7)11)9-4(10)3-8/h5H,3H2,1-2H3,(H,9,10). The van der Waals surface area contributed by atoms with Gasteiger partial charge in [-0.2, -0.15) is 0 Å². The molecule has 1 N–H and O–H groups in total. The minimum atomic E-state index is -0.373. The zero-order valence-corrected chi connectivity index (χ0v) is 7.23. The lowest BCUT2D eigenvalue weighted by Crippen LogP contribution is -2.29. The molecule has 0 aromatic heterocycles. The average Bonchev–Trinajstić information content (AvgIpc) is 2.39. The lowest BCUT2D eigenvalue weighted by Gasteiger charge is -2.00. The van der Waals surface area contributed by atoms with Gasteiger partial charge < -0.3 is 5.32 Å². The van der Waals surface area contributed by atoms with Crippen LogP contribution in [0.5, 0.6) is 0 Å². The van der Waals surface area contributed by atoms with Gasteiger partial charge in [-0.05, 0) is 0 Å². The Morgan fingerprint density at radius 2 is 2.18 bits per heavy atom. The van der Waals surface area contributed by atoms with Gasteiger partial charge in [-0.15, -0.1) is 11.6 Å². The van der Waals surface area contributed by atoms with E-state index in [-0.39, 0.29) is 29.0 Å². The molecule has 11 heavy (non-hydrogen) atoms. The van der Waals surface area contributed by atoms with Gasteiger partial charge in [0.05, 0.1) is 5.41 Å². The maximum Gasteiger partial charge on any atom is 0.235 e. The Kier molecular flexibility index (Phi) is 1.92. The van der Waals surface area contributed by atoms with Crippen LogP contribution in [0.1, 0.15) is 13.8 Å². The van der Waals surface area contributed by atoms with Crippen molar-refractivity contribution in [1.29, 1.82) is 0 Å². The van der Waals surface area contributed by atoms with E-state index in [4.69, 9.17) is 11.6 Å². The van der Waals surface area contributed by atoms with Crippen molar-refractivity contribution < 1.29 is 9.59 Å². The Morgan fingerprint density at radius 1 is 1.73 bits per heavy atom. The predicted molar refractivity (Wildman–Crippen MR) is 41.4 cm³/mol. The minimum absolute atomic E-state index is 0.0796. The van der Waals surface area contributed by atoms with Gasteiger partial charge in [0, 0.05) is 0 Å². The second kappa shape index (κ2) is 2.48. The molecule has 0 aromatic rings. The number of Topliss-reactive ketones (excluding diaryl/α,β-unsaturated/α-hetero) is 1. The zero-order valence-electron chi connectivity index (χ0n) is 6.48. The topological polar surface area (TPSA) is 46.2 Å². The van der Waals surface area contributed by atoms with E-state index in [9.17, 15) is 9.59 Å². The van der Waals surface area contributed by atoms with E-state index < -0.39 is 0 Å². The van der Waals surface area contributed by atoms with E-state index in [1.165, 1.54) is 0 Å². The molecule has 0 aliphatic heterocycles. The fourth-order valence-corrected chi connectivity index (χ4v) is 1.03. The summed E-state index contributed by atoms with van der Waals surface area (Å²) in [6, 6.07) is -0.311. The van der Waals surface area contributed by atoms with Crippen molar-refractivity contribution in [2.24, 2.45) is 5.41 Å². The first-order chi connectivity index (χ1) is 5.00. The summed E-state index contributed by atoms with van der Waals surface area (Å²) in [6.45, 7) is 3.60. The molecule has 0 radical (unpaired) electrons. The van der Waals surface area contributed by atoms with Gasteiger partial charge in [0.15, 0.2) is 5.78 Å². The molecule has 0 bridgehead atoms. The van der Waals surface area contributed by atoms with Crippen molar-refractivity contribution in [3.8, 4) is 0 Å². The molecule has 62 valence electrons. The third-order valence-corrected chi connectivity index (χ3v) is 2.21. The first-order valence-corrected chi connectivity index (χ1v) is 3.93. The molecule has 1 aliphatic carbocycles. The lowest BCUT2D eigenvalue weighted by molar-refractivity contribution is -0.120. The second-order valence-electron chi connectivity index (χ2n) is 3.22. The molecule has 0 saturated heterocycles. The van der Waals surface area contributed by atoms with Crippen LogP contribution in [0.15, 0.2) is 0 Å². The zero-order chi connectivity index (χ0) is 8.65. The minimum Gasteiger partial charge on any atom is -0.344 e. The largest absolute Gasteiger partial charge is 0.344 e. The van der Waals surface area contributed by atoms with E-state index in [0.717, 1.165) is 0 Å². The Morgan fingerprint density at radius 3 is 2.45 bits per heavy atom. The third kappa shape index (κ3) is 1.38.